The van der Waals surface area contributed by atoms with E-state index in [1.165, 1.54) is 13.0 Å². The number of benzene rings is 1. The number of rotatable bonds is 1. The van der Waals surface area contributed by atoms with E-state index < -0.39 is 5.97 Å². The molecule has 2 rings (SSSR count). The minimum atomic E-state index is -0.411. The second-order valence-corrected chi connectivity index (χ2v) is 3.92. The summed E-state index contributed by atoms with van der Waals surface area (Å²) in [7, 11) is 0. The van der Waals surface area contributed by atoms with Crippen LogP contribution in [0.4, 0.5) is 0 Å². The first kappa shape index (κ1) is 10.9. The number of carbonyl (C=O) groups is 2. The largest absolute Gasteiger partial charge is 0.426 e. The summed E-state index contributed by atoms with van der Waals surface area (Å²) in [6.07, 6.45) is 3.34. The summed E-state index contributed by atoms with van der Waals surface area (Å²) < 4.78 is 5.03. The molecule has 16 heavy (non-hydrogen) atoms. The van der Waals surface area contributed by atoms with Crippen LogP contribution in [0.15, 0.2) is 18.2 Å². The Morgan fingerprint density at radius 2 is 2.12 bits per heavy atom. The Hall–Kier alpha value is -1.61. The van der Waals surface area contributed by atoms with E-state index >= 15 is 0 Å². The highest BCUT2D eigenvalue weighted by Gasteiger charge is 2.18. The fraction of sp³-hybridized carbons (Fsp3) is 0.167. The van der Waals surface area contributed by atoms with Gasteiger partial charge in [0.05, 0.1) is 0 Å². The Labute approximate surface area is 97.7 Å². The third-order valence-corrected chi connectivity index (χ3v) is 2.63. The van der Waals surface area contributed by atoms with E-state index in [1.807, 2.05) is 0 Å². The van der Waals surface area contributed by atoms with Gasteiger partial charge in [0.25, 0.3) is 0 Å². The Balaban J connectivity index is 2.53. The van der Waals surface area contributed by atoms with Crippen molar-refractivity contribution in [3.8, 4) is 5.75 Å². The maximum absolute atomic E-state index is 11.3. The van der Waals surface area contributed by atoms with E-state index in [-0.39, 0.29) is 12.2 Å². The second-order valence-electron chi connectivity index (χ2n) is 3.51. The number of esters is 1. The van der Waals surface area contributed by atoms with E-state index in [0.717, 1.165) is 5.56 Å². The van der Waals surface area contributed by atoms with Crippen LogP contribution in [0, 0.1) is 0 Å². The van der Waals surface area contributed by atoms with Crippen LogP contribution in [0.1, 0.15) is 18.1 Å². The van der Waals surface area contributed by atoms with Gasteiger partial charge in [-0.3, -0.25) is 9.59 Å². The predicted molar refractivity (Wildman–Crippen MR) is 60.5 cm³/mol. The molecule has 0 saturated heterocycles. The summed E-state index contributed by atoms with van der Waals surface area (Å²) in [5.41, 5.74) is 1.43. The molecule has 0 aliphatic heterocycles. The number of hydrogen-bond acceptors (Lipinski definition) is 3. The first-order valence-electron chi connectivity index (χ1n) is 4.78. The van der Waals surface area contributed by atoms with Crippen LogP contribution in [-0.2, 0) is 16.0 Å². The molecule has 0 atom stereocenters. The Kier molecular flexibility index (Phi) is 2.79. The summed E-state index contributed by atoms with van der Waals surface area (Å²) in [6.45, 7) is 1.32. The highest BCUT2D eigenvalue weighted by Crippen LogP contribution is 2.32. The molecule has 0 spiro atoms. The van der Waals surface area contributed by atoms with Crippen molar-refractivity contribution < 1.29 is 14.3 Å². The first-order valence-corrected chi connectivity index (χ1v) is 5.16. The van der Waals surface area contributed by atoms with Gasteiger partial charge in [-0.05, 0) is 24.3 Å². The maximum Gasteiger partial charge on any atom is 0.308 e. The van der Waals surface area contributed by atoms with Crippen LogP contribution in [0.3, 0.4) is 0 Å². The number of allylic oxidation sites excluding steroid dienone is 1. The van der Waals surface area contributed by atoms with Crippen molar-refractivity contribution in [2.45, 2.75) is 13.3 Å². The molecule has 1 aliphatic carbocycles. The molecule has 1 aromatic rings. The molecular weight excluding hydrogens is 228 g/mol. The summed E-state index contributed by atoms with van der Waals surface area (Å²) in [6, 6.07) is 3.26. The Morgan fingerprint density at radius 3 is 2.81 bits per heavy atom. The molecule has 0 radical (unpaired) electrons. The average Bonchev–Trinajstić information content (AvgIpc) is 2.22. The van der Waals surface area contributed by atoms with Crippen molar-refractivity contribution in [3.05, 3.63) is 34.4 Å². The van der Waals surface area contributed by atoms with Crippen LogP contribution < -0.4 is 4.74 Å². The molecule has 1 aliphatic rings. The zero-order chi connectivity index (χ0) is 11.7. The molecule has 3 nitrogen and oxygen atoms in total. The van der Waals surface area contributed by atoms with E-state index in [2.05, 4.69) is 0 Å². The van der Waals surface area contributed by atoms with Gasteiger partial charge in [0, 0.05) is 29.5 Å². The van der Waals surface area contributed by atoms with Crippen LogP contribution in [-0.4, -0.2) is 11.8 Å². The Bertz CT molecular complexity index is 503. The topological polar surface area (TPSA) is 43.4 Å². The number of ether oxygens (including phenoxy) is 1. The van der Waals surface area contributed by atoms with Gasteiger partial charge in [0.2, 0.25) is 0 Å². The normalized spacial score (nSPS) is 13.5. The molecule has 0 fully saturated rings. The van der Waals surface area contributed by atoms with Crippen LogP contribution in [0.5, 0.6) is 5.75 Å². The van der Waals surface area contributed by atoms with Crippen molar-refractivity contribution in [1.82, 2.24) is 0 Å². The van der Waals surface area contributed by atoms with Crippen LogP contribution >= 0.6 is 11.6 Å². The van der Waals surface area contributed by atoms with Crippen molar-refractivity contribution in [1.29, 1.82) is 0 Å². The third-order valence-electron chi connectivity index (χ3n) is 2.30. The molecule has 0 saturated carbocycles. The number of halogens is 1. The standard InChI is InChI=1S/C12H9ClO3/c1-7(14)16-12-5-4-11(13)9-3-2-8(15)6-10(9)12/h2-5H,6H2,1H3. The molecule has 82 valence electrons. The van der Waals surface area contributed by atoms with E-state index in [0.29, 0.717) is 16.3 Å². The average molecular weight is 237 g/mol. The van der Waals surface area contributed by atoms with Gasteiger partial charge >= 0.3 is 5.97 Å². The first-order chi connectivity index (χ1) is 7.58. The lowest BCUT2D eigenvalue weighted by Crippen LogP contribution is -2.10. The van der Waals surface area contributed by atoms with Crippen molar-refractivity contribution in [2.24, 2.45) is 0 Å². The van der Waals surface area contributed by atoms with Gasteiger partial charge in [-0.25, -0.2) is 0 Å². The lowest BCUT2D eigenvalue weighted by atomic mass is 9.95. The summed E-state index contributed by atoms with van der Waals surface area (Å²) >= 11 is 6.00. The Morgan fingerprint density at radius 1 is 1.38 bits per heavy atom. The van der Waals surface area contributed by atoms with Crippen molar-refractivity contribution in [2.75, 3.05) is 0 Å². The molecule has 0 heterocycles. The predicted octanol–water partition coefficient (Wildman–Crippen LogP) is 2.40. The van der Waals surface area contributed by atoms with E-state index in [1.54, 1.807) is 18.2 Å². The lowest BCUT2D eigenvalue weighted by Gasteiger charge is -2.15. The smallest absolute Gasteiger partial charge is 0.308 e. The number of ketones is 1. The summed E-state index contributed by atoms with van der Waals surface area (Å²) in [5, 5.41) is 0.551. The molecule has 0 bridgehead atoms. The minimum Gasteiger partial charge on any atom is -0.426 e. The lowest BCUT2D eigenvalue weighted by molar-refractivity contribution is -0.132. The zero-order valence-electron chi connectivity index (χ0n) is 8.62. The van der Waals surface area contributed by atoms with E-state index in [9.17, 15) is 9.59 Å². The van der Waals surface area contributed by atoms with Crippen molar-refractivity contribution >= 4 is 29.4 Å². The fourth-order valence-corrected chi connectivity index (χ4v) is 1.88. The van der Waals surface area contributed by atoms with Crippen LogP contribution in [0.2, 0.25) is 5.02 Å². The van der Waals surface area contributed by atoms with Gasteiger partial charge in [0.1, 0.15) is 5.75 Å². The summed E-state index contributed by atoms with van der Waals surface area (Å²) in [5.74, 6) is -0.0284. The minimum absolute atomic E-state index is 0.0248. The van der Waals surface area contributed by atoms with Gasteiger partial charge in [0.15, 0.2) is 5.78 Å². The number of carbonyl (C=O) groups excluding carboxylic acids is 2. The highest BCUT2D eigenvalue weighted by atomic mass is 35.5. The fourth-order valence-electron chi connectivity index (χ4n) is 1.64. The van der Waals surface area contributed by atoms with E-state index in [4.69, 9.17) is 16.3 Å². The zero-order valence-corrected chi connectivity index (χ0v) is 9.38. The third kappa shape index (κ3) is 1.99. The number of hydrogen-bond donors (Lipinski definition) is 0. The molecule has 0 N–H and O–H groups in total. The quantitative estimate of drug-likeness (QED) is 0.556. The van der Waals surface area contributed by atoms with Gasteiger partial charge in [-0.2, -0.15) is 0 Å². The molecule has 0 aromatic heterocycles. The molecule has 0 amide bonds. The van der Waals surface area contributed by atoms with Gasteiger partial charge in [-0.1, -0.05) is 11.6 Å². The molecule has 0 unspecified atom stereocenters. The van der Waals surface area contributed by atoms with Gasteiger partial charge in [-0.15, -0.1) is 0 Å². The molecule has 4 heteroatoms. The van der Waals surface area contributed by atoms with Gasteiger partial charge < -0.3 is 4.74 Å². The highest BCUT2D eigenvalue weighted by molar-refractivity contribution is 6.32. The molecular formula is C12H9ClO3. The second kappa shape index (κ2) is 4.10. The molecule has 1 aromatic carbocycles. The maximum atomic E-state index is 11.3. The van der Waals surface area contributed by atoms with Crippen LogP contribution in [0.25, 0.3) is 6.08 Å². The van der Waals surface area contributed by atoms with Crippen molar-refractivity contribution in [3.63, 3.8) is 0 Å². The SMILES string of the molecule is CC(=O)Oc1ccc(Cl)c2c1CC(=O)C=C2. The number of fused-ring (bicyclic) bond motifs is 1. The monoisotopic (exact) mass is 236 g/mol. The summed E-state index contributed by atoms with van der Waals surface area (Å²) in [4.78, 5) is 22.2.